The van der Waals surface area contributed by atoms with Crippen molar-refractivity contribution >= 4 is 21.6 Å². The molecular weight excluding hydrogens is 336 g/mol. The van der Waals surface area contributed by atoms with Gasteiger partial charge in [0.2, 0.25) is 10.0 Å². The Morgan fingerprint density at radius 2 is 1.91 bits per heavy atom. The Balaban J connectivity index is 2.08. The summed E-state index contributed by atoms with van der Waals surface area (Å²) in [5.74, 6) is 0.181. The Hall–Kier alpha value is -0.660. The molecule has 1 heterocycles. The van der Waals surface area contributed by atoms with Gasteiger partial charge < -0.3 is 4.74 Å². The van der Waals surface area contributed by atoms with Crippen LogP contribution in [0.5, 0.6) is 0 Å². The van der Waals surface area contributed by atoms with Gasteiger partial charge in [-0.2, -0.15) is 0 Å². The highest BCUT2D eigenvalue weighted by atomic mass is 35.5. The molecule has 1 aromatic rings. The van der Waals surface area contributed by atoms with Crippen LogP contribution in [0.4, 0.5) is 0 Å². The van der Waals surface area contributed by atoms with Crippen molar-refractivity contribution in [3.05, 3.63) is 34.9 Å². The minimum Gasteiger partial charge on any atom is -0.379 e. The molecule has 0 spiro atoms. The fourth-order valence-corrected chi connectivity index (χ4v) is 4.00. The van der Waals surface area contributed by atoms with E-state index in [1.807, 2.05) is 31.2 Å². The zero-order valence-electron chi connectivity index (χ0n) is 13.5. The van der Waals surface area contributed by atoms with Crippen molar-refractivity contribution in [3.8, 4) is 0 Å². The Labute approximate surface area is 144 Å². The molecule has 5 nitrogen and oxygen atoms in total. The molecule has 0 saturated carbocycles. The van der Waals surface area contributed by atoms with E-state index in [1.165, 1.54) is 0 Å². The van der Waals surface area contributed by atoms with Crippen molar-refractivity contribution < 1.29 is 13.2 Å². The first-order valence-electron chi connectivity index (χ1n) is 8.06. The minimum absolute atomic E-state index is 0.00688. The van der Waals surface area contributed by atoms with E-state index in [0.29, 0.717) is 31.2 Å². The molecule has 1 saturated heterocycles. The van der Waals surface area contributed by atoms with Crippen molar-refractivity contribution in [2.24, 2.45) is 0 Å². The second-order valence-electron chi connectivity index (χ2n) is 5.74. The smallest absolute Gasteiger partial charge is 0.211 e. The summed E-state index contributed by atoms with van der Waals surface area (Å²) in [5, 5.41) is 0.679. The monoisotopic (exact) mass is 360 g/mol. The van der Waals surface area contributed by atoms with Crippen LogP contribution in [0.3, 0.4) is 0 Å². The van der Waals surface area contributed by atoms with E-state index >= 15 is 0 Å². The number of unbranched alkanes of at least 4 members (excludes halogenated alkanes) is 1. The molecule has 130 valence electrons. The van der Waals surface area contributed by atoms with Crippen LogP contribution in [0.15, 0.2) is 24.3 Å². The maximum atomic E-state index is 12.1. The van der Waals surface area contributed by atoms with E-state index in [9.17, 15) is 8.42 Å². The van der Waals surface area contributed by atoms with Crippen LogP contribution in [0.25, 0.3) is 0 Å². The van der Waals surface area contributed by atoms with Crippen LogP contribution < -0.4 is 4.72 Å². The van der Waals surface area contributed by atoms with Gasteiger partial charge in [-0.05, 0) is 24.1 Å². The normalized spacial score (nSPS) is 18.0. The van der Waals surface area contributed by atoms with Gasteiger partial charge in [-0.1, -0.05) is 37.1 Å². The van der Waals surface area contributed by atoms with Crippen molar-refractivity contribution in [1.82, 2.24) is 9.62 Å². The Morgan fingerprint density at radius 3 is 2.52 bits per heavy atom. The molecule has 1 aliphatic rings. The first-order valence-corrected chi connectivity index (χ1v) is 10.1. The number of ether oxygens (including phenoxy) is 1. The van der Waals surface area contributed by atoms with Gasteiger partial charge in [-0.3, -0.25) is 4.90 Å². The summed E-state index contributed by atoms with van der Waals surface area (Å²) >= 11 is 5.96. The Morgan fingerprint density at radius 1 is 1.26 bits per heavy atom. The van der Waals surface area contributed by atoms with Gasteiger partial charge in [-0.15, -0.1) is 0 Å². The third kappa shape index (κ3) is 6.04. The lowest BCUT2D eigenvalue weighted by Gasteiger charge is -2.35. The Kier molecular flexibility index (Phi) is 7.30. The average molecular weight is 361 g/mol. The lowest BCUT2D eigenvalue weighted by Crippen LogP contribution is -2.44. The summed E-state index contributed by atoms with van der Waals surface area (Å²) in [6.07, 6.45) is 1.55. The van der Waals surface area contributed by atoms with E-state index in [2.05, 4.69) is 9.62 Å². The fraction of sp³-hybridized carbons (Fsp3) is 0.625. The number of hydrogen-bond acceptors (Lipinski definition) is 4. The molecule has 1 aromatic carbocycles. The van der Waals surface area contributed by atoms with E-state index in [4.69, 9.17) is 16.3 Å². The van der Waals surface area contributed by atoms with Gasteiger partial charge in [0.05, 0.1) is 19.0 Å². The lowest BCUT2D eigenvalue weighted by molar-refractivity contribution is 0.0172. The van der Waals surface area contributed by atoms with Gasteiger partial charge in [0, 0.05) is 30.7 Å². The van der Waals surface area contributed by atoms with Crippen LogP contribution in [0.1, 0.15) is 31.4 Å². The molecule has 23 heavy (non-hydrogen) atoms. The third-order valence-electron chi connectivity index (χ3n) is 4.00. The highest BCUT2D eigenvalue weighted by Crippen LogP contribution is 2.23. The van der Waals surface area contributed by atoms with Crippen molar-refractivity contribution in [2.45, 2.75) is 25.8 Å². The molecule has 0 radical (unpaired) electrons. The van der Waals surface area contributed by atoms with Crippen LogP contribution in [0.2, 0.25) is 5.02 Å². The van der Waals surface area contributed by atoms with Crippen molar-refractivity contribution in [1.29, 1.82) is 0 Å². The number of nitrogens with one attached hydrogen (secondary N) is 1. The number of benzene rings is 1. The SMILES string of the molecule is CCCCS(=O)(=O)NCC(c1ccc(Cl)cc1)N1CCOCC1. The highest BCUT2D eigenvalue weighted by molar-refractivity contribution is 7.89. The summed E-state index contributed by atoms with van der Waals surface area (Å²) in [6.45, 7) is 5.29. The van der Waals surface area contributed by atoms with Gasteiger partial charge in [0.1, 0.15) is 0 Å². The van der Waals surface area contributed by atoms with Crippen LogP contribution >= 0.6 is 11.6 Å². The standard InChI is InChI=1S/C16H25ClN2O3S/c1-2-3-12-23(20,21)18-13-16(19-8-10-22-11-9-19)14-4-6-15(17)7-5-14/h4-7,16,18H,2-3,8-13H2,1H3. The second kappa shape index (κ2) is 8.99. The van der Waals surface area contributed by atoms with E-state index in [-0.39, 0.29) is 11.8 Å². The molecule has 0 aromatic heterocycles. The first kappa shape index (κ1) is 18.7. The van der Waals surface area contributed by atoms with Crippen LogP contribution in [0, 0.1) is 0 Å². The number of hydrogen-bond donors (Lipinski definition) is 1. The van der Waals surface area contributed by atoms with Crippen molar-refractivity contribution in [3.63, 3.8) is 0 Å². The largest absolute Gasteiger partial charge is 0.379 e. The molecule has 1 fully saturated rings. The molecule has 7 heteroatoms. The van der Waals surface area contributed by atoms with E-state index in [1.54, 1.807) is 0 Å². The van der Waals surface area contributed by atoms with Gasteiger partial charge >= 0.3 is 0 Å². The number of sulfonamides is 1. The van der Waals surface area contributed by atoms with Gasteiger partial charge in [-0.25, -0.2) is 13.1 Å². The Bertz CT molecular complexity index is 571. The van der Waals surface area contributed by atoms with Gasteiger partial charge in [0.25, 0.3) is 0 Å². The maximum Gasteiger partial charge on any atom is 0.211 e. The summed E-state index contributed by atoms with van der Waals surface area (Å²) in [5.41, 5.74) is 1.06. The fourth-order valence-electron chi connectivity index (χ4n) is 2.64. The molecule has 1 atom stereocenters. The molecule has 0 amide bonds. The maximum absolute atomic E-state index is 12.1. The summed E-state index contributed by atoms with van der Waals surface area (Å²) in [6, 6.07) is 7.60. The lowest BCUT2D eigenvalue weighted by atomic mass is 10.1. The molecule has 1 aliphatic heterocycles. The molecule has 1 unspecified atom stereocenters. The zero-order chi connectivity index (χ0) is 16.7. The number of halogens is 1. The predicted molar refractivity (Wildman–Crippen MR) is 93.3 cm³/mol. The number of morpholine rings is 1. The highest BCUT2D eigenvalue weighted by Gasteiger charge is 2.24. The summed E-state index contributed by atoms with van der Waals surface area (Å²) in [4.78, 5) is 2.26. The third-order valence-corrected chi connectivity index (χ3v) is 5.69. The van der Waals surface area contributed by atoms with Crippen LogP contribution in [-0.4, -0.2) is 51.9 Å². The molecule has 1 N–H and O–H groups in total. The first-order chi connectivity index (χ1) is 11.0. The summed E-state index contributed by atoms with van der Waals surface area (Å²) in [7, 11) is -3.23. The minimum atomic E-state index is -3.23. The quantitative estimate of drug-likeness (QED) is 0.773. The molecule has 2 rings (SSSR count). The number of nitrogens with zero attached hydrogens (tertiary/aromatic N) is 1. The average Bonchev–Trinajstić information content (AvgIpc) is 2.56. The predicted octanol–water partition coefficient (Wildman–Crippen LogP) is 2.43. The van der Waals surface area contributed by atoms with E-state index < -0.39 is 10.0 Å². The summed E-state index contributed by atoms with van der Waals surface area (Å²) < 4.78 is 32.3. The number of rotatable bonds is 8. The second-order valence-corrected chi connectivity index (χ2v) is 8.10. The van der Waals surface area contributed by atoms with Gasteiger partial charge in [0.15, 0.2) is 0 Å². The molecular formula is C16H25ClN2O3S. The zero-order valence-corrected chi connectivity index (χ0v) is 15.1. The molecule has 0 aliphatic carbocycles. The topological polar surface area (TPSA) is 58.6 Å². The van der Waals surface area contributed by atoms with E-state index in [0.717, 1.165) is 25.1 Å². The van der Waals surface area contributed by atoms with Crippen LogP contribution in [-0.2, 0) is 14.8 Å². The van der Waals surface area contributed by atoms with Crippen molar-refractivity contribution in [2.75, 3.05) is 38.6 Å². The molecule has 0 bridgehead atoms.